The monoisotopic (exact) mass is 383 g/mol. The lowest BCUT2D eigenvalue weighted by Crippen LogP contribution is -2.65. The van der Waals surface area contributed by atoms with Gasteiger partial charge in [0.25, 0.3) is 0 Å². The average Bonchev–Trinajstić information content (AvgIpc) is 2.36. The summed E-state index contributed by atoms with van der Waals surface area (Å²) in [6, 6.07) is 0.474. The standard InChI is InChI=1S/C14H29N3O.HI/c1-6-14(7-2)11(10-12(14)18-5)17-13(15-8-3)16-9-4;/h11-12H,6-10H2,1-5H3,(H2,15,16,17);1H. The summed E-state index contributed by atoms with van der Waals surface area (Å²) in [6.45, 7) is 10.4. The Labute approximate surface area is 135 Å². The van der Waals surface area contributed by atoms with Gasteiger partial charge in [-0.05, 0) is 33.1 Å². The lowest BCUT2D eigenvalue weighted by atomic mass is 9.58. The minimum atomic E-state index is 0. The van der Waals surface area contributed by atoms with Gasteiger partial charge in [-0.1, -0.05) is 13.8 Å². The van der Waals surface area contributed by atoms with E-state index in [4.69, 9.17) is 4.74 Å². The molecule has 19 heavy (non-hydrogen) atoms. The van der Waals surface area contributed by atoms with Gasteiger partial charge in [0.15, 0.2) is 5.96 Å². The Hall–Kier alpha value is -0.0400. The van der Waals surface area contributed by atoms with Crippen LogP contribution in [0.3, 0.4) is 0 Å². The molecule has 2 unspecified atom stereocenters. The summed E-state index contributed by atoms with van der Waals surface area (Å²) in [5.41, 5.74) is 0.263. The van der Waals surface area contributed by atoms with E-state index in [9.17, 15) is 0 Å². The zero-order chi connectivity index (χ0) is 13.6. The highest BCUT2D eigenvalue weighted by Gasteiger charge is 2.53. The highest BCUT2D eigenvalue weighted by Crippen LogP contribution is 2.48. The van der Waals surface area contributed by atoms with E-state index in [0.717, 1.165) is 38.3 Å². The fraction of sp³-hybridized carbons (Fsp3) is 0.929. The van der Waals surface area contributed by atoms with E-state index in [1.54, 1.807) is 0 Å². The fourth-order valence-electron chi connectivity index (χ4n) is 3.12. The topological polar surface area (TPSA) is 45.7 Å². The van der Waals surface area contributed by atoms with Crippen molar-refractivity contribution in [1.29, 1.82) is 0 Å². The molecule has 0 aromatic heterocycles. The van der Waals surface area contributed by atoms with E-state index < -0.39 is 0 Å². The number of methoxy groups -OCH3 is 1. The summed E-state index contributed by atoms with van der Waals surface area (Å²) in [7, 11) is 1.83. The van der Waals surface area contributed by atoms with Crippen LogP contribution in [0.5, 0.6) is 0 Å². The van der Waals surface area contributed by atoms with Gasteiger partial charge in [0.1, 0.15) is 0 Å². The molecule has 2 N–H and O–H groups in total. The van der Waals surface area contributed by atoms with E-state index in [1.165, 1.54) is 0 Å². The lowest BCUT2D eigenvalue weighted by molar-refractivity contribution is -0.118. The number of hydrogen-bond donors (Lipinski definition) is 2. The maximum absolute atomic E-state index is 5.62. The molecule has 1 saturated carbocycles. The second-order valence-corrected chi connectivity index (χ2v) is 4.95. The van der Waals surface area contributed by atoms with Crippen molar-refractivity contribution in [2.24, 2.45) is 10.4 Å². The SMILES string of the molecule is CCN=C(NCC)NC1CC(OC)C1(CC)CC.I. The van der Waals surface area contributed by atoms with Gasteiger partial charge in [-0.15, -0.1) is 24.0 Å². The molecule has 0 bridgehead atoms. The van der Waals surface area contributed by atoms with E-state index >= 15 is 0 Å². The zero-order valence-corrected chi connectivity index (χ0v) is 15.3. The Bertz CT molecular complexity index is 280. The van der Waals surface area contributed by atoms with E-state index in [-0.39, 0.29) is 29.4 Å². The molecule has 1 aliphatic rings. The Kier molecular flexibility index (Phi) is 8.98. The normalized spacial score (nSPS) is 25.2. The predicted molar refractivity (Wildman–Crippen MR) is 92.4 cm³/mol. The molecule has 0 heterocycles. The first-order valence-electron chi connectivity index (χ1n) is 7.26. The Balaban J connectivity index is 0.00000324. The molecule has 4 nitrogen and oxygen atoms in total. The highest BCUT2D eigenvalue weighted by atomic mass is 127. The Morgan fingerprint density at radius 3 is 2.32 bits per heavy atom. The number of rotatable bonds is 6. The molecule has 0 aromatic carbocycles. The number of nitrogens with one attached hydrogen (secondary N) is 2. The van der Waals surface area contributed by atoms with Crippen LogP contribution in [-0.2, 0) is 4.74 Å². The van der Waals surface area contributed by atoms with Gasteiger partial charge in [-0.25, -0.2) is 0 Å². The fourth-order valence-corrected chi connectivity index (χ4v) is 3.12. The quantitative estimate of drug-likeness (QED) is 0.421. The summed E-state index contributed by atoms with van der Waals surface area (Å²) >= 11 is 0. The van der Waals surface area contributed by atoms with E-state index in [0.29, 0.717) is 12.1 Å². The van der Waals surface area contributed by atoms with Gasteiger partial charge in [0.05, 0.1) is 6.10 Å². The third-order valence-corrected chi connectivity index (χ3v) is 4.36. The van der Waals surface area contributed by atoms with Crippen molar-refractivity contribution in [3.8, 4) is 0 Å². The molecule has 1 aliphatic carbocycles. The van der Waals surface area contributed by atoms with Gasteiger partial charge in [0, 0.05) is 31.7 Å². The van der Waals surface area contributed by atoms with Gasteiger partial charge in [-0.3, -0.25) is 4.99 Å². The molecule has 2 atom stereocenters. The van der Waals surface area contributed by atoms with E-state index in [2.05, 4.69) is 43.3 Å². The lowest BCUT2D eigenvalue weighted by Gasteiger charge is -2.55. The molecule has 1 fully saturated rings. The van der Waals surface area contributed by atoms with Crippen LogP contribution in [0, 0.1) is 5.41 Å². The molecule has 0 amide bonds. The van der Waals surface area contributed by atoms with Crippen molar-refractivity contribution in [3.63, 3.8) is 0 Å². The molecular formula is C14H30IN3O. The summed E-state index contributed by atoms with van der Waals surface area (Å²) in [6.07, 6.45) is 3.75. The summed E-state index contributed by atoms with van der Waals surface area (Å²) < 4.78 is 5.62. The van der Waals surface area contributed by atoms with Crippen LogP contribution in [0.15, 0.2) is 4.99 Å². The van der Waals surface area contributed by atoms with Crippen LogP contribution < -0.4 is 10.6 Å². The number of halogens is 1. The highest BCUT2D eigenvalue weighted by molar-refractivity contribution is 14.0. The first-order chi connectivity index (χ1) is 8.68. The zero-order valence-electron chi connectivity index (χ0n) is 13.0. The van der Waals surface area contributed by atoms with Gasteiger partial charge >= 0.3 is 0 Å². The molecule has 0 saturated heterocycles. The van der Waals surface area contributed by atoms with Crippen LogP contribution in [-0.4, -0.2) is 38.3 Å². The minimum Gasteiger partial charge on any atom is -0.381 e. The van der Waals surface area contributed by atoms with E-state index in [1.807, 2.05) is 7.11 Å². The van der Waals surface area contributed by atoms with Gasteiger partial charge in [0.2, 0.25) is 0 Å². The number of aliphatic imine (C=N–C) groups is 1. The van der Waals surface area contributed by atoms with Gasteiger partial charge < -0.3 is 15.4 Å². The molecule has 0 aliphatic heterocycles. The van der Waals surface area contributed by atoms with Crippen molar-refractivity contribution in [1.82, 2.24) is 10.6 Å². The van der Waals surface area contributed by atoms with Crippen molar-refractivity contribution < 1.29 is 4.74 Å². The first kappa shape index (κ1) is 19.0. The second-order valence-electron chi connectivity index (χ2n) is 4.95. The number of ether oxygens (including phenoxy) is 1. The number of nitrogens with zero attached hydrogens (tertiary/aromatic N) is 1. The molecule has 5 heteroatoms. The maximum Gasteiger partial charge on any atom is 0.191 e. The predicted octanol–water partition coefficient (Wildman–Crippen LogP) is 2.77. The smallest absolute Gasteiger partial charge is 0.191 e. The van der Waals surface area contributed by atoms with Crippen LogP contribution >= 0.6 is 24.0 Å². The largest absolute Gasteiger partial charge is 0.381 e. The third-order valence-electron chi connectivity index (χ3n) is 4.36. The van der Waals surface area contributed by atoms with Gasteiger partial charge in [-0.2, -0.15) is 0 Å². The van der Waals surface area contributed by atoms with Crippen LogP contribution in [0.1, 0.15) is 47.0 Å². The summed E-state index contributed by atoms with van der Waals surface area (Å²) in [5, 5.41) is 6.87. The van der Waals surface area contributed by atoms with Crippen molar-refractivity contribution >= 4 is 29.9 Å². The molecule has 0 spiro atoms. The Morgan fingerprint density at radius 2 is 1.89 bits per heavy atom. The van der Waals surface area contributed by atoms with Crippen LogP contribution in [0.2, 0.25) is 0 Å². The second kappa shape index (κ2) is 9.00. The van der Waals surface area contributed by atoms with Crippen molar-refractivity contribution in [2.45, 2.75) is 59.1 Å². The molecule has 1 rings (SSSR count). The van der Waals surface area contributed by atoms with Crippen LogP contribution in [0.25, 0.3) is 0 Å². The Morgan fingerprint density at radius 1 is 1.26 bits per heavy atom. The van der Waals surface area contributed by atoms with Crippen molar-refractivity contribution in [2.75, 3.05) is 20.2 Å². The van der Waals surface area contributed by atoms with Crippen molar-refractivity contribution in [3.05, 3.63) is 0 Å². The maximum atomic E-state index is 5.62. The molecule has 0 aromatic rings. The number of hydrogen-bond acceptors (Lipinski definition) is 2. The van der Waals surface area contributed by atoms with Crippen LogP contribution in [0.4, 0.5) is 0 Å². The summed E-state index contributed by atoms with van der Waals surface area (Å²) in [5.74, 6) is 0.936. The third kappa shape index (κ3) is 3.97. The minimum absolute atomic E-state index is 0. The molecule has 114 valence electrons. The molecular weight excluding hydrogens is 353 g/mol. The average molecular weight is 383 g/mol. The summed E-state index contributed by atoms with van der Waals surface area (Å²) in [4.78, 5) is 4.47. The molecule has 0 radical (unpaired) electrons. The number of guanidine groups is 1. The first-order valence-corrected chi connectivity index (χ1v) is 7.26.